The van der Waals surface area contributed by atoms with Crippen molar-refractivity contribution in [2.24, 2.45) is 5.92 Å². The first kappa shape index (κ1) is 18.1. The Labute approximate surface area is 164 Å². The third-order valence-electron chi connectivity index (χ3n) is 4.52. The lowest BCUT2D eigenvalue weighted by molar-refractivity contribution is -0.142. The Balaban J connectivity index is 1.35. The number of amides is 2. The second-order valence-electron chi connectivity index (χ2n) is 6.51. The number of benzene rings is 2. The number of carbonyl (C=O) groups is 3. The topological polar surface area (TPSA) is 88.6 Å². The molecule has 1 aliphatic rings. The van der Waals surface area contributed by atoms with Gasteiger partial charge in [-0.15, -0.1) is 0 Å². The van der Waals surface area contributed by atoms with Crippen LogP contribution in [-0.4, -0.2) is 41.1 Å². The highest BCUT2D eigenvalue weighted by Gasteiger charge is 2.41. The van der Waals surface area contributed by atoms with Gasteiger partial charge in [-0.05, 0) is 29.8 Å². The van der Waals surface area contributed by atoms with Crippen molar-refractivity contribution in [3.8, 4) is 10.9 Å². The van der Waals surface area contributed by atoms with Gasteiger partial charge in [0.15, 0.2) is 0 Å². The normalized spacial score (nSPS) is 16.6. The minimum absolute atomic E-state index is 0.123. The molecule has 1 atom stereocenters. The number of aromatic nitrogens is 1. The van der Waals surface area contributed by atoms with Crippen molar-refractivity contribution in [2.45, 2.75) is 6.54 Å². The van der Waals surface area contributed by atoms with Crippen LogP contribution >= 0.6 is 11.3 Å². The second-order valence-corrected chi connectivity index (χ2v) is 7.51. The van der Waals surface area contributed by atoms with E-state index in [4.69, 9.17) is 4.74 Å². The maximum absolute atomic E-state index is 12.2. The van der Waals surface area contributed by atoms with E-state index in [0.29, 0.717) is 10.9 Å². The van der Waals surface area contributed by atoms with Gasteiger partial charge in [0.1, 0.15) is 11.7 Å². The van der Waals surface area contributed by atoms with E-state index < -0.39 is 23.5 Å². The number of thiazole rings is 1. The summed E-state index contributed by atoms with van der Waals surface area (Å²) in [5.41, 5.74) is 1.75. The zero-order valence-electron chi connectivity index (χ0n) is 15.0. The molecule has 1 fully saturated rings. The van der Waals surface area contributed by atoms with Crippen LogP contribution in [0.1, 0.15) is 5.56 Å². The number of Topliss-reactive ketones (excluding diaryl/α,β-unsaturated/α-hetero) is 1. The minimum Gasteiger partial charge on any atom is -0.431 e. The molecule has 28 heavy (non-hydrogen) atoms. The number of hydrogen-bond acceptors (Lipinski definition) is 6. The minimum atomic E-state index is -0.931. The fraction of sp³-hybridized carbons (Fsp3) is 0.200. The van der Waals surface area contributed by atoms with Gasteiger partial charge in [0, 0.05) is 20.1 Å². The Hall–Kier alpha value is -3.26. The molecule has 0 spiro atoms. The van der Waals surface area contributed by atoms with Gasteiger partial charge in [-0.3, -0.25) is 14.4 Å². The van der Waals surface area contributed by atoms with Gasteiger partial charge < -0.3 is 15.0 Å². The Morgan fingerprint density at radius 2 is 1.96 bits per heavy atom. The molecule has 1 N–H and O–H groups in total. The number of nitrogens with zero attached hydrogens (tertiary/aromatic N) is 2. The molecule has 2 aromatic carbocycles. The molecule has 1 aliphatic heterocycles. The highest BCUT2D eigenvalue weighted by molar-refractivity contribution is 7.20. The smallest absolute Gasteiger partial charge is 0.290 e. The van der Waals surface area contributed by atoms with E-state index in [1.807, 2.05) is 36.4 Å². The van der Waals surface area contributed by atoms with Crippen LogP contribution in [0.4, 0.5) is 0 Å². The molecule has 3 aromatic rings. The van der Waals surface area contributed by atoms with Gasteiger partial charge in [-0.25, -0.2) is 4.98 Å². The van der Waals surface area contributed by atoms with Crippen molar-refractivity contribution in [1.29, 1.82) is 0 Å². The van der Waals surface area contributed by atoms with E-state index in [0.717, 1.165) is 15.8 Å². The Kier molecular flexibility index (Phi) is 4.79. The van der Waals surface area contributed by atoms with Gasteiger partial charge in [0.2, 0.25) is 11.7 Å². The van der Waals surface area contributed by atoms with E-state index in [1.54, 1.807) is 12.1 Å². The van der Waals surface area contributed by atoms with E-state index in [2.05, 4.69) is 10.3 Å². The first-order valence-electron chi connectivity index (χ1n) is 8.70. The lowest BCUT2D eigenvalue weighted by Crippen LogP contribution is -2.35. The summed E-state index contributed by atoms with van der Waals surface area (Å²) in [5.74, 6) is -1.99. The van der Waals surface area contributed by atoms with Crippen molar-refractivity contribution in [1.82, 2.24) is 15.2 Å². The summed E-state index contributed by atoms with van der Waals surface area (Å²) in [5, 5.41) is 3.28. The zero-order chi connectivity index (χ0) is 19.7. The van der Waals surface area contributed by atoms with E-state index >= 15 is 0 Å². The number of likely N-dealkylation sites (tertiary alicyclic amines) is 1. The Morgan fingerprint density at radius 3 is 2.64 bits per heavy atom. The SMILES string of the molecule is CN1CC(C(=O)NCc2ccc(Oc3nc4ccccc4s3)cc2)C(=O)C1=O. The molecule has 1 unspecified atom stereocenters. The molecule has 0 aliphatic carbocycles. The summed E-state index contributed by atoms with van der Waals surface area (Å²) in [4.78, 5) is 41.2. The highest BCUT2D eigenvalue weighted by Crippen LogP contribution is 2.31. The Morgan fingerprint density at radius 1 is 1.21 bits per heavy atom. The molecule has 142 valence electrons. The van der Waals surface area contributed by atoms with Crippen LogP contribution in [0.15, 0.2) is 48.5 Å². The van der Waals surface area contributed by atoms with Gasteiger partial charge in [-0.1, -0.05) is 35.6 Å². The van der Waals surface area contributed by atoms with Crippen LogP contribution in [0.25, 0.3) is 10.2 Å². The second kappa shape index (κ2) is 7.40. The predicted octanol–water partition coefficient (Wildman–Crippen LogP) is 2.36. The van der Waals surface area contributed by atoms with Crippen LogP contribution in [-0.2, 0) is 20.9 Å². The summed E-state index contributed by atoms with van der Waals surface area (Å²) in [6, 6.07) is 15.1. The number of rotatable bonds is 5. The average Bonchev–Trinajstić information content (AvgIpc) is 3.22. The zero-order valence-corrected chi connectivity index (χ0v) is 15.9. The number of fused-ring (bicyclic) bond motifs is 1. The summed E-state index contributed by atoms with van der Waals surface area (Å²) in [7, 11) is 1.51. The number of hydrogen-bond donors (Lipinski definition) is 1. The maximum atomic E-state index is 12.2. The van der Waals surface area contributed by atoms with Crippen LogP contribution in [0.2, 0.25) is 0 Å². The van der Waals surface area contributed by atoms with Crippen molar-refractivity contribution >= 4 is 39.2 Å². The molecule has 8 heteroatoms. The first-order valence-corrected chi connectivity index (χ1v) is 9.52. The van der Waals surface area contributed by atoms with Crippen LogP contribution in [0.5, 0.6) is 10.9 Å². The molecule has 0 radical (unpaired) electrons. The molecule has 4 rings (SSSR count). The third kappa shape index (κ3) is 3.59. The van der Waals surface area contributed by atoms with Gasteiger partial charge in [-0.2, -0.15) is 0 Å². The highest BCUT2D eigenvalue weighted by atomic mass is 32.1. The Bertz CT molecular complexity index is 1030. The molecule has 0 bridgehead atoms. The van der Waals surface area contributed by atoms with Crippen molar-refractivity contribution in [3.05, 3.63) is 54.1 Å². The van der Waals surface area contributed by atoms with Crippen molar-refractivity contribution < 1.29 is 19.1 Å². The molecule has 7 nitrogen and oxygen atoms in total. The van der Waals surface area contributed by atoms with Crippen LogP contribution < -0.4 is 10.1 Å². The fourth-order valence-electron chi connectivity index (χ4n) is 2.96. The summed E-state index contributed by atoms with van der Waals surface area (Å²) >= 11 is 1.47. The third-order valence-corrected chi connectivity index (χ3v) is 5.43. The molecule has 2 amide bonds. The van der Waals surface area contributed by atoms with Crippen LogP contribution in [0.3, 0.4) is 0 Å². The number of likely N-dealkylation sites (N-methyl/N-ethyl adjacent to an activating group) is 1. The lowest BCUT2D eigenvalue weighted by Gasteiger charge is -2.10. The fourth-order valence-corrected chi connectivity index (χ4v) is 3.80. The molecule has 1 aromatic heterocycles. The molecular weight excluding hydrogens is 378 g/mol. The lowest BCUT2D eigenvalue weighted by atomic mass is 10.1. The number of carbonyl (C=O) groups excluding carboxylic acids is 3. The number of nitrogens with one attached hydrogen (secondary N) is 1. The van der Waals surface area contributed by atoms with Crippen molar-refractivity contribution in [2.75, 3.05) is 13.6 Å². The summed E-state index contributed by atoms with van der Waals surface area (Å²) < 4.78 is 6.85. The number of ketones is 1. The molecule has 2 heterocycles. The van der Waals surface area contributed by atoms with E-state index in [1.165, 1.54) is 23.3 Å². The van der Waals surface area contributed by atoms with Crippen molar-refractivity contribution in [3.63, 3.8) is 0 Å². The first-order chi connectivity index (χ1) is 13.5. The van der Waals surface area contributed by atoms with Gasteiger partial charge in [0.25, 0.3) is 11.1 Å². The molecular formula is C20H17N3O4S. The monoisotopic (exact) mass is 395 g/mol. The predicted molar refractivity (Wildman–Crippen MR) is 104 cm³/mol. The summed E-state index contributed by atoms with van der Waals surface area (Å²) in [6.45, 7) is 0.389. The van der Waals surface area contributed by atoms with E-state index in [9.17, 15) is 14.4 Å². The van der Waals surface area contributed by atoms with Gasteiger partial charge in [0.05, 0.1) is 10.2 Å². The van der Waals surface area contributed by atoms with E-state index in [-0.39, 0.29) is 13.1 Å². The number of ether oxygens (including phenoxy) is 1. The number of para-hydroxylation sites is 1. The molecule has 0 saturated carbocycles. The maximum Gasteiger partial charge on any atom is 0.290 e. The average molecular weight is 395 g/mol. The standard InChI is InChI=1S/C20H17N3O4S/c1-23-11-14(17(24)19(23)26)18(25)21-10-12-6-8-13(9-7-12)27-20-22-15-4-2-3-5-16(15)28-20/h2-9,14H,10-11H2,1H3,(H,21,25). The summed E-state index contributed by atoms with van der Waals surface area (Å²) in [6.07, 6.45) is 0. The quantitative estimate of drug-likeness (QED) is 0.529. The van der Waals surface area contributed by atoms with Crippen LogP contribution in [0, 0.1) is 5.92 Å². The molecule has 1 saturated heterocycles. The largest absolute Gasteiger partial charge is 0.431 e. The van der Waals surface area contributed by atoms with Gasteiger partial charge >= 0.3 is 0 Å².